The number of para-hydroxylation sites is 2. The van der Waals surface area contributed by atoms with Crippen molar-refractivity contribution in [3.63, 3.8) is 0 Å². The highest BCUT2D eigenvalue weighted by Gasteiger charge is 2.57. The summed E-state index contributed by atoms with van der Waals surface area (Å²) in [7, 11) is 0. The summed E-state index contributed by atoms with van der Waals surface area (Å²) >= 11 is 0. The summed E-state index contributed by atoms with van der Waals surface area (Å²) in [5.74, 6) is -1.36. The summed E-state index contributed by atoms with van der Waals surface area (Å²) in [5, 5.41) is 0. The molecule has 1 saturated heterocycles. The van der Waals surface area contributed by atoms with Crippen LogP contribution in [-0.2, 0) is 9.59 Å². The normalized spacial score (nSPS) is 31.9. The Labute approximate surface area is 131 Å². The largest absolute Gasteiger partial charge is 0.433 e. The van der Waals surface area contributed by atoms with Gasteiger partial charge in [-0.25, -0.2) is 4.90 Å². The van der Waals surface area contributed by atoms with E-state index in [0.717, 1.165) is 17.7 Å². The molecule has 2 bridgehead atoms. The number of fused-ring (bicyclic) bond motifs is 1. The summed E-state index contributed by atoms with van der Waals surface area (Å²) in [6, 6.07) is 5.95. The van der Waals surface area contributed by atoms with Crippen LogP contribution in [0.1, 0.15) is 12.8 Å². The zero-order valence-electron chi connectivity index (χ0n) is 12.2. The minimum Gasteiger partial charge on any atom is -0.433 e. The first-order valence-electron chi connectivity index (χ1n) is 7.68. The van der Waals surface area contributed by atoms with Gasteiger partial charge in [-0.05, 0) is 36.8 Å². The zero-order valence-corrected chi connectivity index (χ0v) is 12.2. The molecule has 2 amide bonds. The van der Waals surface area contributed by atoms with Crippen molar-refractivity contribution in [2.24, 2.45) is 23.7 Å². The maximum Gasteiger partial charge on any atom is 0.387 e. The molecule has 3 aliphatic carbocycles. The number of nitrogens with zero attached hydrogens (tertiary/aromatic N) is 1. The number of alkyl halides is 2. The predicted molar refractivity (Wildman–Crippen MR) is 77.9 cm³/mol. The van der Waals surface area contributed by atoms with Crippen LogP contribution in [0.3, 0.4) is 0 Å². The average Bonchev–Trinajstić information content (AvgIpc) is 2.82. The number of rotatable bonds is 3. The summed E-state index contributed by atoms with van der Waals surface area (Å²) in [6.07, 6.45) is 5.83. The van der Waals surface area contributed by atoms with Crippen molar-refractivity contribution < 1.29 is 23.1 Å². The molecule has 1 aliphatic heterocycles. The Hall–Kier alpha value is -2.24. The minimum absolute atomic E-state index is 0.0645. The number of benzene rings is 1. The molecule has 120 valence electrons. The van der Waals surface area contributed by atoms with E-state index in [0.29, 0.717) is 0 Å². The molecule has 0 radical (unpaired) electrons. The third kappa shape index (κ3) is 2.08. The summed E-state index contributed by atoms with van der Waals surface area (Å²) < 4.78 is 29.7. The summed E-state index contributed by atoms with van der Waals surface area (Å²) in [6.45, 7) is -3.01. The molecule has 0 aromatic heterocycles. The summed E-state index contributed by atoms with van der Waals surface area (Å²) in [4.78, 5) is 26.7. The molecule has 5 rings (SSSR count). The highest BCUT2D eigenvalue weighted by molar-refractivity contribution is 6.23. The van der Waals surface area contributed by atoms with Crippen molar-refractivity contribution in [2.45, 2.75) is 19.5 Å². The number of hydrogen-bond donors (Lipinski definition) is 0. The number of amides is 2. The van der Waals surface area contributed by atoms with Crippen molar-refractivity contribution in [3.05, 3.63) is 36.4 Å². The Morgan fingerprint density at radius 1 is 1.00 bits per heavy atom. The fraction of sp³-hybridized carbons (Fsp3) is 0.412. The van der Waals surface area contributed by atoms with Gasteiger partial charge in [0.15, 0.2) is 0 Å². The van der Waals surface area contributed by atoms with Crippen molar-refractivity contribution in [1.29, 1.82) is 0 Å². The maximum atomic E-state index is 12.8. The fourth-order valence-corrected chi connectivity index (χ4v) is 4.15. The van der Waals surface area contributed by atoms with E-state index in [2.05, 4.69) is 4.74 Å². The molecule has 4 aliphatic rings. The van der Waals surface area contributed by atoms with E-state index in [-0.39, 0.29) is 46.9 Å². The van der Waals surface area contributed by atoms with Gasteiger partial charge in [0.05, 0.1) is 17.5 Å². The van der Waals surface area contributed by atoms with Gasteiger partial charge in [0.1, 0.15) is 5.75 Å². The Bertz CT molecular complexity index is 671. The first-order chi connectivity index (χ1) is 11.1. The van der Waals surface area contributed by atoms with Gasteiger partial charge in [-0.15, -0.1) is 0 Å². The predicted octanol–water partition coefficient (Wildman–Crippen LogP) is 2.99. The van der Waals surface area contributed by atoms with Crippen LogP contribution in [0.4, 0.5) is 14.5 Å². The second-order valence-electron chi connectivity index (χ2n) is 6.20. The molecule has 0 unspecified atom stereocenters. The van der Waals surface area contributed by atoms with E-state index in [9.17, 15) is 18.4 Å². The highest BCUT2D eigenvalue weighted by atomic mass is 19.3. The molecular formula is C17H15F2NO3. The Balaban J connectivity index is 1.74. The molecule has 1 heterocycles. The van der Waals surface area contributed by atoms with Crippen LogP contribution in [0, 0.1) is 23.7 Å². The molecule has 0 spiro atoms. The monoisotopic (exact) mass is 319 g/mol. The van der Waals surface area contributed by atoms with E-state index < -0.39 is 6.61 Å². The Morgan fingerprint density at radius 2 is 1.57 bits per heavy atom. The lowest BCUT2D eigenvalue weighted by Crippen LogP contribution is -2.38. The molecular weight excluding hydrogens is 304 g/mol. The smallest absolute Gasteiger partial charge is 0.387 e. The third-order valence-corrected chi connectivity index (χ3v) is 5.08. The van der Waals surface area contributed by atoms with Gasteiger partial charge in [0.2, 0.25) is 11.8 Å². The number of allylic oxidation sites excluding steroid dienone is 2. The van der Waals surface area contributed by atoms with Crippen LogP contribution in [0.25, 0.3) is 0 Å². The number of anilines is 1. The number of imide groups is 1. The number of halogens is 2. The van der Waals surface area contributed by atoms with E-state index >= 15 is 0 Å². The van der Waals surface area contributed by atoms with Gasteiger partial charge in [-0.2, -0.15) is 8.78 Å². The van der Waals surface area contributed by atoms with Crippen LogP contribution >= 0.6 is 0 Å². The van der Waals surface area contributed by atoms with E-state index in [1.165, 1.54) is 18.2 Å². The van der Waals surface area contributed by atoms with Gasteiger partial charge in [0.25, 0.3) is 0 Å². The lowest BCUT2D eigenvalue weighted by molar-refractivity contribution is -0.124. The fourth-order valence-electron chi connectivity index (χ4n) is 4.15. The maximum absolute atomic E-state index is 12.8. The van der Waals surface area contributed by atoms with Crippen LogP contribution in [0.5, 0.6) is 5.75 Å². The minimum atomic E-state index is -3.01. The molecule has 4 nitrogen and oxygen atoms in total. The van der Waals surface area contributed by atoms with Crippen molar-refractivity contribution in [3.8, 4) is 5.75 Å². The number of carbonyl (C=O) groups excluding carboxylic acids is 2. The van der Waals surface area contributed by atoms with Crippen LogP contribution in [-0.4, -0.2) is 18.4 Å². The quantitative estimate of drug-likeness (QED) is 0.635. The molecule has 0 N–H and O–H groups in total. The molecule has 1 aromatic carbocycles. The first-order valence-corrected chi connectivity index (χ1v) is 7.68. The van der Waals surface area contributed by atoms with Crippen molar-refractivity contribution in [1.82, 2.24) is 0 Å². The lowest BCUT2D eigenvalue weighted by atomic mass is 9.63. The van der Waals surface area contributed by atoms with Gasteiger partial charge >= 0.3 is 6.61 Å². The Morgan fingerprint density at radius 3 is 2.09 bits per heavy atom. The SMILES string of the molecule is O=C1[C@@H]2[C@@H](C(=O)N1c1ccccc1OC(F)F)[C@@H]1C=C[C@@H]2CC1. The Kier molecular flexibility index (Phi) is 3.21. The molecule has 23 heavy (non-hydrogen) atoms. The standard InChI is InChI=1S/C17H15F2NO3/c18-17(19)23-12-4-2-1-3-11(12)20-15(21)13-9-5-6-10(8-7-9)14(13)16(20)22/h1-6,9-10,13-14,17H,7-8H2/t9-,10-,13+,14+/m1/s1. The molecule has 1 aromatic rings. The van der Waals surface area contributed by atoms with Crippen molar-refractivity contribution in [2.75, 3.05) is 4.90 Å². The van der Waals surface area contributed by atoms with E-state index in [1.807, 2.05) is 12.2 Å². The van der Waals surface area contributed by atoms with Gasteiger partial charge in [-0.3, -0.25) is 9.59 Å². The zero-order chi connectivity index (χ0) is 16.1. The van der Waals surface area contributed by atoms with E-state index in [1.54, 1.807) is 6.07 Å². The number of hydrogen-bond acceptors (Lipinski definition) is 3. The van der Waals surface area contributed by atoms with Crippen LogP contribution < -0.4 is 9.64 Å². The molecule has 2 fully saturated rings. The topological polar surface area (TPSA) is 46.6 Å². The summed E-state index contributed by atoms with van der Waals surface area (Å²) in [5.41, 5.74) is 0.108. The molecule has 6 heteroatoms. The van der Waals surface area contributed by atoms with Gasteiger partial charge in [0, 0.05) is 0 Å². The van der Waals surface area contributed by atoms with Gasteiger partial charge in [-0.1, -0.05) is 24.3 Å². The van der Waals surface area contributed by atoms with E-state index in [4.69, 9.17) is 0 Å². The highest BCUT2D eigenvalue weighted by Crippen LogP contribution is 2.51. The first kappa shape index (κ1) is 14.4. The van der Waals surface area contributed by atoms with Crippen LogP contribution in [0.2, 0.25) is 0 Å². The second-order valence-corrected chi connectivity index (χ2v) is 6.20. The number of ether oxygens (including phenoxy) is 1. The molecule has 4 atom stereocenters. The van der Waals surface area contributed by atoms with Crippen molar-refractivity contribution >= 4 is 17.5 Å². The van der Waals surface area contributed by atoms with Gasteiger partial charge < -0.3 is 4.74 Å². The molecule has 1 saturated carbocycles. The lowest BCUT2D eigenvalue weighted by Gasteiger charge is -2.38. The average molecular weight is 319 g/mol. The third-order valence-electron chi connectivity index (χ3n) is 5.08. The second kappa shape index (κ2) is 5.15. The number of carbonyl (C=O) groups is 2. The van der Waals surface area contributed by atoms with Crippen LogP contribution in [0.15, 0.2) is 36.4 Å².